The number of aromatic nitrogens is 4. The van der Waals surface area contributed by atoms with Crippen molar-refractivity contribution in [3.8, 4) is 16.3 Å². The maximum absolute atomic E-state index is 12.3. The lowest BCUT2D eigenvalue weighted by Gasteiger charge is -2.07. The predicted molar refractivity (Wildman–Crippen MR) is 112 cm³/mol. The summed E-state index contributed by atoms with van der Waals surface area (Å²) in [5.74, 6) is 1.50. The van der Waals surface area contributed by atoms with Crippen LogP contribution in [0.25, 0.3) is 15.5 Å². The van der Waals surface area contributed by atoms with E-state index in [1.54, 1.807) is 28.8 Å². The third-order valence-electron chi connectivity index (χ3n) is 4.45. The van der Waals surface area contributed by atoms with Gasteiger partial charge in [-0.25, -0.2) is 0 Å². The van der Waals surface area contributed by atoms with Gasteiger partial charge in [-0.3, -0.25) is 4.79 Å². The van der Waals surface area contributed by atoms with Gasteiger partial charge in [-0.05, 0) is 36.8 Å². The van der Waals surface area contributed by atoms with Gasteiger partial charge in [0.05, 0.1) is 6.61 Å². The lowest BCUT2D eigenvalue weighted by atomic mass is 10.1. The molecule has 0 saturated carbocycles. The summed E-state index contributed by atoms with van der Waals surface area (Å²) in [5, 5.41) is 16.7. The van der Waals surface area contributed by atoms with Crippen LogP contribution in [0.4, 0.5) is 0 Å². The van der Waals surface area contributed by atoms with Gasteiger partial charge in [0.2, 0.25) is 4.96 Å². The second-order valence-corrected chi connectivity index (χ2v) is 7.36. The van der Waals surface area contributed by atoms with Gasteiger partial charge in [-0.15, -0.1) is 10.2 Å². The molecule has 0 fully saturated rings. The van der Waals surface area contributed by atoms with Crippen molar-refractivity contribution in [3.05, 3.63) is 65.5 Å². The summed E-state index contributed by atoms with van der Waals surface area (Å²) in [6.45, 7) is 5.02. The molecular weight excluding hydrogens is 386 g/mol. The monoisotopic (exact) mass is 407 g/mol. The van der Waals surface area contributed by atoms with E-state index in [9.17, 15) is 4.79 Å². The molecule has 0 spiro atoms. The highest BCUT2D eigenvalue weighted by Crippen LogP contribution is 2.25. The quantitative estimate of drug-likeness (QED) is 0.505. The number of hydrogen-bond donors (Lipinski definition) is 1. The van der Waals surface area contributed by atoms with Crippen molar-refractivity contribution < 1.29 is 9.53 Å². The molecule has 148 valence electrons. The normalized spacial score (nSPS) is 11.0. The van der Waals surface area contributed by atoms with Gasteiger partial charge in [-0.1, -0.05) is 42.5 Å². The zero-order chi connectivity index (χ0) is 20.2. The number of fused-ring (bicyclic) bond motifs is 1. The number of hydrogen-bond acceptors (Lipinski definition) is 6. The van der Waals surface area contributed by atoms with E-state index in [4.69, 9.17) is 4.74 Å². The first-order valence-corrected chi connectivity index (χ1v) is 10.3. The molecule has 0 bridgehead atoms. The van der Waals surface area contributed by atoms with Crippen LogP contribution in [-0.2, 0) is 13.0 Å². The Morgan fingerprint density at radius 2 is 1.83 bits per heavy atom. The molecule has 29 heavy (non-hydrogen) atoms. The summed E-state index contributed by atoms with van der Waals surface area (Å²) in [6.07, 6.45) is 0.789. The highest BCUT2D eigenvalue weighted by Gasteiger charge is 2.12. The molecule has 0 atom stereocenters. The number of ether oxygens (including phenoxy) is 1. The fourth-order valence-electron chi connectivity index (χ4n) is 2.91. The number of nitrogens with one attached hydrogen (secondary N) is 1. The third-order valence-corrected chi connectivity index (χ3v) is 5.40. The molecule has 8 heteroatoms. The van der Waals surface area contributed by atoms with Crippen molar-refractivity contribution in [2.45, 2.75) is 26.8 Å². The van der Waals surface area contributed by atoms with E-state index in [-0.39, 0.29) is 5.91 Å². The summed E-state index contributed by atoms with van der Waals surface area (Å²) in [6, 6.07) is 15.2. The Balaban J connectivity index is 1.39. The summed E-state index contributed by atoms with van der Waals surface area (Å²) in [5.41, 5.74) is 2.64. The molecule has 7 nitrogen and oxygen atoms in total. The van der Waals surface area contributed by atoms with E-state index in [0.717, 1.165) is 39.1 Å². The minimum Gasteiger partial charge on any atom is -0.494 e. The molecule has 0 aliphatic carbocycles. The van der Waals surface area contributed by atoms with Gasteiger partial charge in [0.15, 0.2) is 5.82 Å². The number of carbonyl (C=O) groups excluding carboxylic acids is 1. The first kappa shape index (κ1) is 19.1. The standard InChI is InChI=1S/C21H21N5O2S/c1-3-18-23-24-21-26(18)25-20(29-21)16-7-5-14(6-8-16)13-22-19(27)15-9-11-17(12-10-15)28-4-2/h5-12H,3-4,13H2,1-2H3,(H,22,27). The lowest BCUT2D eigenvalue weighted by molar-refractivity contribution is 0.0951. The maximum Gasteiger partial charge on any atom is 0.251 e. The summed E-state index contributed by atoms with van der Waals surface area (Å²) >= 11 is 1.51. The largest absolute Gasteiger partial charge is 0.494 e. The van der Waals surface area contributed by atoms with Gasteiger partial charge in [0, 0.05) is 24.1 Å². The van der Waals surface area contributed by atoms with E-state index in [1.165, 1.54) is 11.3 Å². The summed E-state index contributed by atoms with van der Waals surface area (Å²) in [4.78, 5) is 13.1. The first-order valence-electron chi connectivity index (χ1n) is 9.49. The molecule has 0 unspecified atom stereocenters. The van der Waals surface area contributed by atoms with Crippen LogP contribution < -0.4 is 10.1 Å². The number of benzene rings is 2. The van der Waals surface area contributed by atoms with Crippen molar-refractivity contribution in [1.82, 2.24) is 25.1 Å². The number of amides is 1. The molecule has 1 amide bonds. The van der Waals surface area contributed by atoms with E-state index >= 15 is 0 Å². The van der Waals surface area contributed by atoms with E-state index < -0.39 is 0 Å². The fourth-order valence-corrected chi connectivity index (χ4v) is 3.78. The van der Waals surface area contributed by atoms with Crippen molar-refractivity contribution in [2.75, 3.05) is 6.61 Å². The van der Waals surface area contributed by atoms with Crippen molar-refractivity contribution in [2.24, 2.45) is 0 Å². The van der Waals surface area contributed by atoms with E-state index in [0.29, 0.717) is 18.7 Å². The Bertz CT molecular complexity index is 1120. The minimum absolute atomic E-state index is 0.113. The average Bonchev–Trinajstić information content (AvgIpc) is 3.34. The summed E-state index contributed by atoms with van der Waals surface area (Å²) in [7, 11) is 0. The van der Waals surface area contributed by atoms with Crippen LogP contribution in [0.15, 0.2) is 48.5 Å². The lowest BCUT2D eigenvalue weighted by Crippen LogP contribution is -2.22. The van der Waals surface area contributed by atoms with Crippen molar-refractivity contribution in [3.63, 3.8) is 0 Å². The van der Waals surface area contributed by atoms with Crippen LogP contribution in [0.1, 0.15) is 35.6 Å². The average molecular weight is 407 g/mol. The van der Waals surface area contributed by atoms with Crippen LogP contribution in [0.5, 0.6) is 5.75 Å². The van der Waals surface area contributed by atoms with E-state index in [1.807, 2.05) is 38.1 Å². The minimum atomic E-state index is -0.113. The van der Waals surface area contributed by atoms with Gasteiger partial charge < -0.3 is 10.1 Å². The van der Waals surface area contributed by atoms with Gasteiger partial charge >= 0.3 is 0 Å². The highest BCUT2D eigenvalue weighted by molar-refractivity contribution is 7.19. The molecule has 2 aromatic heterocycles. The number of aryl methyl sites for hydroxylation is 1. The van der Waals surface area contributed by atoms with Gasteiger partial charge in [0.1, 0.15) is 10.8 Å². The molecule has 4 aromatic rings. The molecule has 0 aliphatic rings. The Kier molecular flexibility index (Phi) is 5.53. The number of carbonyl (C=O) groups is 1. The van der Waals surface area contributed by atoms with Gasteiger partial charge in [0.25, 0.3) is 5.91 Å². The Morgan fingerprint density at radius 1 is 1.07 bits per heavy atom. The molecule has 2 heterocycles. The Morgan fingerprint density at radius 3 is 2.52 bits per heavy atom. The van der Waals surface area contributed by atoms with Crippen LogP contribution >= 0.6 is 11.3 Å². The van der Waals surface area contributed by atoms with Crippen molar-refractivity contribution >= 4 is 22.2 Å². The number of rotatable bonds is 7. The molecular formula is C21H21N5O2S. The molecule has 2 aromatic carbocycles. The van der Waals surface area contributed by atoms with Crippen LogP contribution in [0, 0.1) is 0 Å². The topological polar surface area (TPSA) is 81.4 Å². The van der Waals surface area contributed by atoms with Crippen molar-refractivity contribution in [1.29, 1.82) is 0 Å². The zero-order valence-electron chi connectivity index (χ0n) is 16.3. The molecule has 0 radical (unpaired) electrons. The molecule has 1 N–H and O–H groups in total. The number of nitrogens with zero attached hydrogens (tertiary/aromatic N) is 4. The second kappa shape index (κ2) is 8.40. The maximum atomic E-state index is 12.3. The van der Waals surface area contributed by atoms with Crippen LogP contribution in [-0.4, -0.2) is 32.3 Å². The Hall–Kier alpha value is -3.26. The SMILES string of the molecule is CCOc1ccc(C(=O)NCc2ccc(-c3nn4c(CC)nnc4s3)cc2)cc1. The first-order chi connectivity index (χ1) is 14.2. The predicted octanol–water partition coefficient (Wildman–Crippen LogP) is 3.74. The molecule has 0 saturated heterocycles. The van der Waals surface area contributed by atoms with Gasteiger partial charge in [-0.2, -0.15) is 9.61 Å². The third kappa shape index (κ3) is 4.12. The van der Waals surface area contributed by atoms with Crippen LogP contribution in [0.2, 0.25) is 0 Å². The smallest absolute Gasteiger partial charge is 0.251 e. The fraction of sp³-hybridized carbons (Fsp3) is 0.238. The van der Waals surface area contributed by atoms with Crippen LogP contribution in [0.3, 0.4) is 0 Å². The molecule has 4 rings (SSSR count). The second-order valence-electron chi connectivity index (χ2n) is 6.41. The highest BCUT2D eigenvalue weighted by atomic mass is 32.1. The Labute approximate surface area is 172 Å². The summed E-state index contributed by atoms with van der Waals surface area (Å²) < 4.78 is 7.20. The van der Waals surface area contributed by atoms with E-state index in [2.05, 4.69) is 20.6 Å². The zero-order valence-corrected chi connectivity index (χ0v) is 17.1. The molecule has 0 aliphatic heterocycles.